The third-order valence-electron chi connectivity index (χ3n) is 6.00. The van der Waals surface area contributed by atoms with Crippen molar-refractivity contribution < 1.29 is 13.9 Å². The van der Waals surface area contributed by atoms with Crippen LogP contribution in [0.3, 0.4) is 0 Å². The number of carbonyl (C=O) groups is 1. The molecule has 158 valence electrons. The Morgan fingerprint density at radius 3 is 2.23 bits per heavy atom. The molecule has 0 saturated heterocycles. The molecule has 0 aliphatic heterocycles. The number of aryl methyl sites for hydroxylation is 3. The molecular formula is C28H28O3. The van der Waals surface area contributed by atoms with Gasteiger partial charge in [0.05, 0.1) is 7.11 Å². The maximum Gasteiger partial charge on any atom is 0.342 e. The van der Waals surface area contributed by atoms with Crippen molar-refractivity contribution >= 4 is 5.97 Å². The number of esters is 1. The van der Waals surface area contributed by atoms with E-state index in [0.29, 0.717) is 23.0 Å². The molecule has 1 aromatic heterocycles. The number of benzene rings is 1. The number of furan rings is 1. The maximum atomic E-state index is 12.8. The van der Waals surface area contributed by atoms with Crippen molar-refractivity contribution in [2.75, 3.05) is 7.11 Å². The van der Waals surface area contributed by atoms with Crippen LogP contribution in [0.25, 0.3) is 33.6 Å². The van der Waals surface area contributed by atoms with Crippen LogP contribution in [0, 0.1) is 20.8 Å². The van der Waals surface area contributed by atoms with E-state index in [-0.39, 0.29) is 5.97 Å². The Morgan fingerprint density at radius 1 is 0.871 bits per heavy atom. The lowest BCUT2D eigenvalue weighted by molar-refractivity contribution is 0.0599. The molecule has 0 fully saturated rings. The van der Waals surface area contributed by atoms with Crippen LogP contribution >= 0.6 is 0 Å². The summed E-state index contributed by atoms with van der Waals surface area (Å²) >= 11 is 0. The van der Waals surface area contributed by atoms with Crippen LogP contribution in [0.4, 0.5) is 0 Å². The highest BCUT2D eigenvalue weighted by Crippen LogP contribution is 2.47. The van der Waals surface area contributed by atoms with Gasteiger partial charge in [-0.3, -0.25) is 0 Å². The molecule has 0 unspecified atom stereocenters. The van der Waals surface area contributed by atoms with E-state index < -0.39 is 0 Å². The van der Waals surface area contributed by atoms with Crippen molar-refractivity contribution in [3.8, 4) is 33.6 Å². The van der Waals surface area contributed by atoms with E-state index in [1.54, 1.807) is 0 Å². The van der Waals surface area contributed by atoms with E-state index in [4.69, 9.17) is 9.15 Å². The molecule has 0 spiro atoms. The fraction of sp³-hybridized carbons (Fsp3) is 0.250. The Bertz CT molecular complexity index is 1230. The minimum Gasteiger partial charge on any atom is -0.465 e. The predicted octanol–water partition coefficient (Wildman–Crippen LogP) is 7.55. The summed E-state index contributed by atoms with van der Waals surface area (Å²) in [6.45, 7) is 10.5. The monoisotopic (exact) mass is 412 g/mol. The van der Waals surface area contributed by atoms with Gasteiger partial charge in [0.25, 0.3) is 0 Å². The Labute approximate surface area is 184 Å². The van der Waals surface area contributed by atoms with E-state index in [2.05, 4.69) is 52.0 Å². The van der Waals surface area contributed by atoms with Gasteiger partial charge in [-0.15, -0.1) is 0 Å². The molecule has 0 amide bonds. The van der Waals surface area contributed by atoms with Gasteiger partial charge in [0.1, 0.15) is 17.1 Å². The van der Waals surface area contributed by atoms with Crippen molar-refractivity contribution in [1.82, 2.24) is 0 Å². The Kier molecular flexibility index (Phi) is 5.45. The van der Waals surface area contributed by atoms with E-state index >= 15 is 0 Å². The Morgan fingerprint density at radius 2 is 1.58 bits per heavy atom. The van der Waals surface area contributed by atoms with Gasteiger partial charge in [-0.05, 0) is 60.1 Å². The van der Waals surface area contributed by atoms with Gasteiger partial charge < -0.3 is 9.15 Å². The SMILES string of the molecule is COC(=O)c1c(C)oc(-c2ccccc2)c1-c1cc(C)c2cc(C(C)C)ccc(C)c1-2. The van der Waals surface area contributed by atoms with E-state index in [0.717, 1.165) is 22.3 Å². The molecule has 4 rings (SSSR count). The smallest absolute Gasteiger partial charge is 0.342 e. The normalized spacial score (nSPS) is 11.3. The molecule has 3 heteroatoms. The minimum atomic E-state index is -0.383. The van der Waals surface area contributed by atoms with E-state index in [1.165, 1.54) is 29.4 Å². The third-order valence-corrected chi connectivity index (χ3v) is 6.00. The average Bonchev–Trinajstić information content (AvgIpc) is 3.20. The molecule has 2 aromatic rings. The van der Waals surface area contributed by atoms with Crippen molar-refractivity contribution in [2.45, 2.75) is 40.5 Å². The highest BCUT2D eigenvalue weighted by atomic mass is 16.5. The van der Waals surface area contributed by atoms with Gasteiger partial charge >= 0.3 is 5.97 Å². The molecule has 2 aliphatic rings. The second-order valence-electron chi connectivity index (χ2n) is 8.44. The highest BCUT2D eigenvalue weighted by molar-refractivity contribution is 6.06. The second-order valence-corrected chi connectivity index (χ2v) is 8.44. The summed E-state index contributed by atoms with van der Waals surface area (Å²) in [5.74, 6) is 1.30. The van der Waals surface area contributed by atoms with Gasteiger partial charge in [0.15, 0.2) is 0 Å². The number of hydrogen-bond donors (Lipinski definition) is 0. The molecule has 0 bridgehead atoms. The zero-order valence-electron chi connectivity index (χ0n) is 19.0. The zero-order chi connectivity index (χ0) is 22.3. The molecule has 0 atom stereocenters. The summed E-state index contributed by atoms with van der Waals surface area (Å²) in [5.41, 5.74) is 9.21. The number of carbonyl (C=O) groups excluding carboxylic acids is 1. The summed E-state index contributed by atoms with van der Waals surface area (Å²) in [6, 6.07) is 18.8. The summed E-state index contributed by atoms with van der Waals surface area (Å²) in [5, 5.41) is 0. The van der Waals surface area contributed by atoms with Crippen molar-refractivity contribution in [3.05, 3.63) is 82.6 Å². The Balaban J connectivity index is 2.09. The standard InChI is InChI=1S/C28H28O3/c1-16(2)21-13-12-17(3)24-22(15-21)18(4)14-23(24)26-25(28(29)30-6)19(5)31-27(26)20-10-8-7-9-11-20/h7-16H,1-6H3. The first-order valence-electron chi connectivity index (χ1n) is 10.6. The fourth-order valence-corrected chi connectivity index (χ4v) is 4.34. The lowest BCUT2D eigenvalue weighted by atomic mass is 9.93. The predicted molar refractivity (Wildman–Crippen MR) is 126 cm³/mol. The van der Waals surface area contributed by atoms with Gasteiger partial charge in [-0.25, -0.2) is 4.79 Å². The van der Waals surface area contributed by atoms with Crippen LogP contribution < -0.4 is 0 Å². The van der Waals surface area contributed by atoms with Gasteiger partial charge in [0, 0.05) is 11.1 Å². The number of hydrogen-bond acceptors (Lipinski definition) is 3. The van der Waals surface area contributed by atoms with Crippen molar-refractivity contribution in [1.29, 1.82) is 0 Å². The number of rotatable bonds is 4. The third kappa shape index (κ3) is 3.54. The van der Waals surface area contributed by atoms with Crippen molar-refractivity contribution in [2.24, 2.45) is 0 Å². The van der Waals surface area contributed by atoms with Crippen LogP contribution in [0.5, 0.6) is 0 Å². The molecule has 2 aliphatic carbocycles. The molecule has 1 heterocycles. The lowest BCUT2D eigenvalue weighted by Crippen LogP contribution is -2.03. The fourth-order valence-electron chi connectivity index (χ4n) is 4.34. The van der Waals surface area contributed by atoms with Gasteiger partial charge in [-0.1, -0.05) is 68.4 Å². The molecule has 1 aromatic carbocycles. The summed E-state index contributed by atoms with van der Waals surface area (Å²) in [6.07, 6.45) is 0. The summed E-state index contributed by atoms with van der Waals surface area (Å²) in [4.78, 5) is 12.8. The summed E-state index contributed by atoms with van der Waals surface area (Å²) in [7, 11) is 1.41. The van der Waals surface area contributed by atoms with E-state index in [9.17, 15) is 4.79 Å². The quantitative estimate of drug-likeness (QED) is 0.325. The molecule has 0 radical (unpaired) electrons. The van der Waals surface area contributed by atoms with E-state index in [1.807, 2.05) is 37.3 Å². The number of ether oxygens (including phenoxy) is 1. The molecule has 0 N–H and O–H groups in total. The second kappa shape index (κ2) is 8.07. The lowest BCUT2D eigenvalue weighted by Gasteiger charge is -2.09. The largest absolute Gasteiger partial charge is 0.465 e. The van der Waals surface area contributed by atoms with Crippen LogP contribution in [0.1, 0.15) is 52.6 Å². The highest BCUT2D eigenvalue weighted by Gasteiger charge is 2.30. The van der Waals surface area contributed by atoms with Crippen molar-refractivity contribution in [3.63, 3.8) is 0 Å². The molecule has 3 nitrogen and oxygen atoms in total. The first-order chi connectivity index (χ1) is 14.8. The van der Waals surface area contributed by atoms with Gasteiger partial charge in [0.2, 0.25) is 0 Å². The molecule has 0 saturated carbocycles. The van der Waals surface area contributed by atoms with Gasteiger partial charge in [-0.2, -0.15) is 0 Å². The van der Waals surface area contributed by atoms with Crippen LogP contribution in [0.2, 0.25) is 0 Å². The average molecular weight is 413 g/mol. The molecule has 31 heavy (non-hydrogen) atoms. The zero-order valence-corrected chi connectivity index (χ0v) is 19.0. The first kappa shape index (κ1) is 20.9. The first-order valence-corrected chi connectivity index (χ1v) is 10.6. The number of fused-ring (bicyclic) bond motifs is 1. The minimum absolute atomic E-state index is 0.383. The van der Waals surface area contributed by atoms with Crippen LogP contribution in [-0.4, -0.2) is 13.1 Å². The maximum absolute atomic E-state index is 12.8. The Hall–Kier alpha value is -3.33. The number of methoxy groups -OCH3 is 1. The summed E-state index contributed by atoms with van der Waals surface area (Å²) < 4.78 is 11.3. The van der Waals surface area contributed by atoms with Crippen LogP contribution in [-0.2, 0) is 4.74 Å². The topological polar surface area (TPSA) is 39.4 Å². The van der Waals surface area contributed by atoms with Crippen LogP contribution in [0.15, 0.2) is 59.0 Å². The molecular weight excluding hydrogens is 384 g/mol.